The van der Waals surface area contributed by atoms with Gasteiger partial charge in [0.15, 0.2) is 0 Å². The molecule has 0 aliphatic heterocycles. The second-order valence-electron chi connectivity index (χ2n) is 3.01. The van der Waals surface area contributed by atoms with Crippen molar-refractivity contribution in [2.75, 3.05) is 0 Å². The van der Waals surface area contributed by atoms with Crippen molar-refractivity contribution in [1.29, 1.82) is 0 Å². The number of aliphatic hydroxyl groups excluding tert-OH is 1. The molecule has 0 saturated carbocycles. The van der Waals surface area contributed by atoms with Gasteiger partial charge in [-0.05, 0) is 23.8 Å². The lowest BCUT2D eigenvalue weighted by molar-refractivity contribution is -0.137. The van der Waals surface area contributed by atoms with Crippen molar-refractivity contribution in [3.8, 4) is 0 Å². The molecule has 1 aromatic rings. The van der Waals surface area contributed by atoms with Crippen LogP contribution in [0.25, 0.3) is 0 Å². The van der Waals surface area contributed by atoms with Crippen LogP contribution in [0.5, 0.6) is 0 Å². The average Bonchev–Trinajstić information content (AvgIpc) is 2.15. The van der Waals surface area contributed by atoms with E-state index in [1.807, 2.05) is 0 Å². The highest BCUT2D eigenvalue weighted by molar-refractivity contribution is 9.10. The first-order valence-corrected chi connectivity index (χ1v) is 5.73. The van der Waals surface area contributed by atoms with E-state index in [9.17, 15) is 18.3 Å². The van der Waals surface area contributed by atoms with Gasteiger partial charge in [-0.3, -0.25) is 0 Å². The van der Waals surface area contributed by atoms with Crippen LogP contribution in [0.2, 0.25) is 0 Å². The molecule has 90 valence electrons. The number of hydrogen-bond donors (Lipinski definition) is 1. The summed E-state index contributed by atoms with van der Waals surface area (Å²) in [6.07, 6.45) is -5.84. The normalized spacial score (nSPS) is 14.2. The van der Waals surface area contributed by atoms with Crippen LogP contribution in [0.4, 0.5) is 13.2 Å². The van der Waals surface area contributed by atoms with Crippen molar-refractivity contribution in [2.24, 2.45) is 0 Å². The van der Waals surface area contributed by atoms with Crippen LogP contribution in [0.1, 0.15) is 17.2 Å². The minimum Gasteiger partial charge on any atom is -0.386 e. The van der Waals surface area contributed by atoms with Crippen LogP contribution in [0, 0.1) is 0 Å². The minimum atomic E-state index is -4.47. The van der Waals surface area contributed by atoms with Crippen molar-refractivity contribution in [1.82, 2.24) is 0 Å². The molecule has 0 amide bonds. The van der Waals surface area contributed by atoms with E-state index >= 15 is 0 Å². The van der Waals surface area contributed by atoms with Gasteiger partial charge >= 0.3 is 6.18 Å². The van der Waals surface area contributed by atoms with Gasteiger partial charge in [-0.1, -0.05) is 15.9 Å². The van der Waals surface area contributed by atoms with Gasteiger partial charge in [-0.15, -0.1) is 23.2 Å². The lowest BCUT2D eigenvalue weighted by atomic mass is 10.1. The predicted octanol–water partition coefficient (Wildman–Crippen LogP) is 4.31. The topological polar surface area (TPSA) is 20.2 Å². The number of hydrogen-bond acceptors (Lipinski definition) is 1. The third-order valence-corrected chi connectivity index (χ3v) is 3.08. The number of halogens is 6. The number of rotatable bonds is 2. The maximum Gasteiger partial charge on any atom is 0.416 e. The van der Waals surface area contributed by atoms with Gasteiger partial charge in [-0.25, -0.2) is 0 Å². The Kier molecular flexibility index (Phi) is 4.51. The van der Waals surface area contributed by atoms with E-state index in [2.05, 4.69) is 15.9 Å². The molecule has 1 atom stereocenters. The van der Waals surface area contributed by atoms with E-state index < -0.39 is 22.7 Å². The smallest absolute Gasteiger partial charge is 0.386 e. The molecule has 7 heteroatoms. The molecule has 16 heavy (non-hydrogen) atoms. The van der Waals surface area contributed by atoms with Crippen molar-refractivity contribution >= 4 is 39.1 Å². The van der Waals surface area contributed by atoms with Gasteiger partial charge in [0.2, 0.25) is 0 Å². The van der Waals surface area contributed by atoms with Gasteiger partial charge in [0.1, 0.15) is 10.9 Å². The molecule has 1 aromatic carbocycles. The fourth-order valence-corrected chi connectivity index (χ4v) is 1.84. The van der Waals surface area contributed by atoms with Gasteiger partial charge < -0.3 is 5.11 Å². The fourth-order valence-electron chi connectivity index (χ4n) is 1.08. The summed E-state index contributed by atoms with van der Waals surface area (Å²) < 4.78 is 37.5. The summed E-state index contributed by atoms with van der Waals surface area (Å²) in [6.45, 7) is 0. The standard InChI is InChI=1S/C9H6BrCl2F3O/c10-6-2-1-4(9(13,14)15)3-5(6)7(16)8(11)12/h1-3,7-8,16H. The molecule has 0 aliphatic carbocycles. The molecule has 1 rings (SSSR count). The van der Waals surface area contributed by atoms with E-state index in [-0.39, 0.29) is 5.56 Å². The highest BCUT2D eigenvalue weighted by Gasteiger charge is 2.32. The average molecular weight is 338 g/mol. The van der Waals surface area contributed by atoms with Gasteiger partial charge in [0.05, 0.1) is 5.56 Å². The predicted molar refractivity (Wildman–Crippen MR) is 59.6 cm³/mol. The Morgan fingerprint density at radius 2 is 1.81 bits per heavy atom. The number of benzene rings is 1. The van der Waals surface area contributed by atoms with Crippen LogP contribution in [0.3, 0.4) is 0 Å². The van der Waals surface area contributed by atoms with E-state index in [0.29, 0.717) is 4.47 Å². The summed E-state index contributed by atoms with van der Waals surface area (Å²) in [4.78, 5) is -1.19. The van der Waals surface area contributed by atoms with Gasteiger partial charge in [0, 0.05) is 4.47 Å². The minimum absolute atomic E-state index is 0.00447. The summed E-state index contributed by atoms with van der Waals surface area (Å²) in [6, 6.07) is 2.90. The van der Waals surface area contributed by atoms with Crippen LogP contribution < -0.4 is 0 Å². The van der Waals surface area contributed by atoms with Crippen molar-refractivity contribution < 1.29 is 18.3 Å². The second kappa shape index (κ2) is 5.12. The Bertz CT molecular complexity index is 382. The second-order valence-corrected chi connectivity index (χ2v) is 5.03. The zero-order valence-electron chi connectivity index (χ0n) is 7.60. The lowest BCUT2D eigenvalue weighted by Crippen LogP contribution is -2.10. The van der Waals surface area contributed by atoms with E-state index in [0.717, 1.165) is 12.1 Å². The molecule has 0 spiro atoms. The van der Waals surface area contributed by atoms with Crippen LogP contribution in [0.15, 0.2) is 22.7 Å². The number of alkyl halides is 5. The molecule has 1 N–H and O–H groups in total. The fraction of sp³-hybridized carbons (Fsp3) is 0.333. The van der Waals surface area contributed by atoms with Gasteiger partial charge in [-0.2, -0.15) is 13.2 Å². The van der Waals surface area contributed by atoms with Crippen LogP contribution >= 0.6 is 39.1 Å². The quantitative estimate of drug-likeness (QED) is 0.797. The lowest BCUT2D eigenvalue weighted by Gasteiger charge is -2.16. The molecule has 0 aromatic heterocycles. The molecule has 0 fully saturated rings. The van der Waals surface area contributed by atoms with Crippen molar-refractivity contribution in [3.63, 3.8) is 0 Å². The largest absolute Gasteiger partial charge is 0.416 e. The Hall–Kier alpha value is 0.0300. The third-order valence-electron chi connectivity index (χ3n) is 1.88. The first-order valence-electron chi connectivity index (χ1n) is 4.06. The molecular formula is C9H6BrCl2F3O. The Morgan fingerprint density at radius 3 is 2.25 bits per heavy atom. The molecular weight excluding hydrogens is 332 g/mol. The monoisotopic (exact) mass is 336 g/mol. The molecule has 0 radical (unpaired) electrons. The summed E-state index contributed by atoms with van der Waals surface area (Å²) >= 11 is 13.9. The van der Waals surface area contributed by atoms with E-state index in [4.69, 9.17) is 23.2 Å². The maximum absolute atomic E-state index is 12.4. The first-order chi connectivity index (χ1) is 7.23. The van der Waals surface area contributed by atoms with Crippen molar-refractivity contribution in [3.05, 3.63) is 33.8 Å². The zero-order chi connectivity index (χ0) is 12.5. The Morgan fingerprint density at radius 1 is 1.25 bits per heavy atom. The Labute approximate surface area is 108 Å². The highest BCUT2D eigenvalue weighted by Crippen LogP contribution is 2.36. The van der Waals surface area contributed by atoms with Crippen LogP contribution in [-0.2, 0) is 6.18 Å². The molecule has 0 aliphatic rings. The summed E-state index contributed by atoms with van der Waals surface area (Å²) in [5, 5.41) is 9.51. The molecule has 0 saturated heterocycles. The van der Waals surface area contributed by atoms with Crippen LogP contribution in [-0.4, -0.2) is 9.94 Å². The molecule has 1 unspecified atom stereocenters. The summed E-state index contributed by atoms with van der Waals surface area (Å²) in [5.74, 6) is 0. The third kappa shape index (κ3) is 3.26. The summed E-state index contributed by atoms with van der Waals surface area (Å²) in [5.41, 5.74) is -0.858. The van der Waals surface area contributed by atoms with Crippen molar-refractivity contribution in [2.45, 2.75) is 17.1 Å². The molecule has 0 heterocycles. The molecule has 1 nitrogen and oxygen atoms in total. The maximum atomic E-state index is 12.4. The Balaban J connectivity index is 3.19. The summed E-state index contributed by atoms with van der Waals surface area (Å²) in [7, 11) is 0. The molecule has 0 bridgehead atoms. The highest BCUT2D eigenvalue weighted by atomic mass is 79.9. The zero-order valence-corrected chi connectivity index (χ0v) is 10.7. The van der Waals surface area contributed by atoms with E-state index in [1.54, 1.807) is 0 Å². The SMILES string of the molecule is OC(c1cc(C(F)(F)F)ccc1Br)C(Cl)Cl. The van der Waals surface area contributed by atoms with E-state index in [1.165, 1.54) is 6.07 Å². The van der Waals surface area contributed by atoms with Gasteiger partial charge in [0.25, 0.3) is 0 Å². The first kappa shape index (κ1) is 14.1. The number of aliphatic hydroxyl groups is 1.